The molecule has 38 heavy (non-hydrogen) atoms. The van der Waals surface area contributed by atoms with Gasteiger partial charge < -0.3 is 16.4 Å². The maximum absolute atomic E-state index is 12.9. The zero-order valence-corrected chi connectivity index (χ0v) is 19.8. The normalized spacial score (nSPS) is 14.3. The Hall–Kier alpha value is -4.72. The van der Waals surface area contributed by atoms with Gasteiger partial charge in [0, 0.05) is 37.1 Å². The fourth-order valence-corrected chi connectivity index (χ4v) is 4.21. The highest BCUT2D eigenvalue weighted by Gasteiger charge is 2.31. The smallest absolute Gasteiger partial charge is 0.382 e. The molecule has 3 aromatic heterocycles. The lowest BCUT2D eigenvalue weighted by Gasteiger charge is -2.25. The molecule has 1 saturated heterocycles. The number of pyridine rings is 1. The molecule has 196 valence electrons. The van der Waals surface area contributed by atoms with Crippen LogP contribution < -0.4 is 21.7 Å². The highest BCUT2D eigenvalue weighted by Crippen LogP contribution is 2.32. The largest absolute Gasteiger partial charge is 0.416 e. The predicted molar refractivity (Wildman–Crippen MR) is 133 cm³/mol. The molecule has 0 bridgehead atoms. The van der Waals surface area contributed by atoms with Gasteiger partial charge in [0.1, 0.15) is 17.7 Å². The minimum absolute atomic E-state index is 0.0394. The molecule has 0 saturated carbocycles. The number of amides is 3. The number of urea groups is 1. The van der Waals surface area contributed by atoms with Crippen LogP contribution >= 0.6 is 0 Å². The van der Waals surface area contributed by atoms with Crippen molar-refractivity contribution in [1.29, 1.82) is 0 Å². The van der Waals surface area contributed by atoms with Gasteiger partial charge in [-0.15, -0.1) is 0 Å². The summed E-state index contributed by atoms with van der Waals surface area (Å²) in [6.07, 6.45) is -2.21. The van der Waals surface area contributed by atoms with Crippen LogP contribution in [0.1, 0.15) is 11.3 Å². The number of nitrogens with two attached hydrogens (primary N) is 1. The number of rotatable bonds is 5. The molecule has 4 aromatic rings. The number of nitrogens with zero attached hydrogens (tertiary/aromatic N) is 5. The van der Waals surface area contributed by atoms with E-state index in [1.54, 1.807) is 28.8 Å². The Balaban J connectivity index is 1.34. The van der Waals surface area contributed by atoms with Crippen LogP contribution in [-0.2, 0) is 17.5 Å². The van der Waals surface area contributed by atoms with E-state index in [2.05, 4.69) is 31.0 Å². The highest BCUT2D eigenvalue weighted by atomic mass is 19.4. The molecular formula is C24H22F3N9O2. The number of alkyl halides is 3. The Morgan fingerprint density at radius 2 is 1.89 bits per heavy atom. The Morgan fingerprint density at radius 3 is 2.63 bits per heavy atom. The molecule has 1 aromatic carbocycles. The van der Waals surface area contributed by atoms with Crippen molar-refractivity contribution in [1.82, 2.24) is 29.8 Å². The van der Waals surface area contributed by atoms with Gasteiger partial charge in [-0.2, -0.15) is 18.3 Å². The van der Waals surface area contributed by atoms with Crippen molar-refractivity contribution in [2.75, 3.05) is 36.0 Å². The van der Waals surface area contributed by atoms with E-state index in [1.165, 1.54) is 6.33 Å². The van der Waals surface area contributed by atoms with Crippen LogP contribution in [0.4, 0.5) is 35.3 Å². The molecule has 0 radical (unpaired) electrons. The number of fused-ring (bicyclic) bond motifs is 1. The molecule has 0 atom stereocenters. The third-order valence-electron chi connectivity index (χ3n) is 5.94. The molecule has 0 spiro atoms. The summed E-state index contributed by atoms with van der Waals surface area (Å²) in [5, 5.41) is 12.0. The molecule has 5 rings (SSSR count). The Morgan fingerprint density at radius 1 is 1.11 bits per heavy atom. The van der Waals surface area contributed by atoms with Crippen molar-refractivity contribution in [2.45, 2.75) is 12.7 Å². The lowest BCUT2D eigenvalue weighted by atomic mass is 10.1. The van der Waals surface area contributed by atoms with Gasteiger partial charge in [0.15, 0.2) is 5.82 Å². The topological polar surface area (TPSA) is 143 Å². The number of piperazine rings is 1. The van der Waals surface area contributed by atoms with Gasteiger partial charge in [-0.3, -0.25) is 15.0 Å². The van der Waals surface area contributed by atoms with E-state index in [9.17, 15) is 22.8 Å². The zero-order chi connectivity index (χ0) is 26.9. The molecule has 11 nitrogen and oxygen atoms in total. The zero-order valence-electron chi connectivity index (χ0n) is 19.8. The van der Waals surface area contributed by atoms with Crippen LogP contribution in [0.2, 0.25) is 0 Å². The van der Waals surface area contributed by atoms with E-state index in [-0.39, 0.29) is 24.1 Å². The molecule has 1 aliphatic rings. The molecule has 0 unspecified atom stereocenters. The molecule has 1 aliphatic heterocycles. The average molecular weight is 525 g/mol. The van der Waals surface area contributed by atoms with Gasteiger partial charge in [0.25, 0.3) is 0 Å². The van der Waals surface area contributed by atoms with Gasteiger partial charge in [-0.05, 0) is 35.9 Å². The maximum Gasteiger partial charge on any atom is 0.416 e. The predicted octanol–water partition coefficient (Wildman–Crippen LogP) is 2.97. The van der Waals surface area contributed by atoms with Crippen LogP contribution in [0, 0.1) is 0 Å². The number of hydrogen-bond donors (Lipinski definition) is 4. The lowest BCUT2D eigenvalue weighted by Crippen LogP contribution is -2.47. The first kappa shape index (κ1) is 25.0. The second-order valence-electron chi connectivity index (χ2n) is 8.60. The Labute approximate surface area is 213 Å². The van der Waals surface area contributed by atoms with E-state index in [1.807, 2.05) is 11.0 Å². The SMILES string of the molecule is Nc1ncnn2c(CN3CCNC(=O)C3)cc(-c3ccc(NC(=O)Nc4cc(C(F)(F)F)ccn4)cc3)c12. The number of halogens is 3. The second-order valence-corrected chi connectivity index (χ2v) is 8.60. The van der Waals surface area contributed by atoms with Gasteiger partial charge in [-0.1, -0.05) is 12.1 Å². The summed E-state index contributed by atoms with van der Waals surface area (Å²) in [5.41, 5.74) is 8.65. The van der Waals surface area contributed by atoms with Crippen molar-refractivity contribution in [3.05, 3.63) is 66.2 Å². The Kier molecular flexibility index (Phi) is 6.55. The summed E-state index contributed by atoms with van der Waals surface area (Å²) >= 11 is 0. The van der Waals surface area contributed by atoms with Crippen molar-refractivity contribution in [3.8, 4) is 11.1 Å². The fourth-order valence-electron chi connectivity index (χ4n) is 4.21. The third-order valence-corrected chi connectivity index (χ3v) is 5.94. The molecule has 3 amide bonds. The second kappa shape index (κ2) is 9.97. The standard InChI is InChI=1S/C24H22F3N9O2/c25-24(26,27)15-5-6-29-19(9-15)34-23(38)33-16-3-1-14(2-4-16)18-10-17(11-35-8-7-30-20(37)12-35)36-21(18)22(28)31-13-32-36/h1-6,9-10,13H,7-8,11-12H2,(H,30,37)(H2,28,31,32)(H2,29,33,34,38). The summed E-state index contributed by atoms with van der Waals surface area (Å²) in [6.45, 7) is 2.03. The number of aromatic nitrogens is 4. The number of carbonyl (C=O) groups excluding carboxylic acids is 2. The minimum Gasteiger partial charge on any atom is -0.382 e. The Bertz CT molecular complexity index is 1500. The molecule has 1 fully saturated rings. The van der Waals surface area contributed by atoms with E-state index in [0.717, 1.165) is 35.2 Å². The molecular weight excluding hydrogens is 503 g/mol. The van der Waals surface area contributed by atoms with Crippen LogP contribution in [0.15, 0.2) is 55.0 Å². The van der Waals surface area contributed by atoms with Crippen LogP contribution in [-0.4, -0.2) is 56.1 Å². The number of anilines is 3. The number of carbonyl (C=O) groups is 2. The summed E-state index contributed by atoms with van der Waals surface area (Å²) in [7, 11) is 0. The lowest BCUT2D eigenvalue weighted by molar-refractivity contribution is -0.137. The number of nitrogens with one attached hydrogen (secondary N) is 3. The summed E-state index contributed by atoms with van der Waals surface area (Å²) in [6, 6.07) is 9.57. The van der Waals surface area contributed by atoms with Crippen molar-refractivity contribution in [3.63, 3.8) is 0 Å². The maximum atomic E-state index is 12.9. The first-order valence-electron chi connectivity index (χ1n) is 11.5. The van der Waals surface area contributed by atoms with Crippen molar-refractivity contribution >= 4 is 34.8 Å². The summed E-state index contributed by atoms with van der Waals surface area (Å²) in [4.78, 5) is 34.0. The first-order valence-corrected chi connectivity index (χ1v) is 11.5. The monoisotopic (exact) mass is 525 g/mol. The average Bonchev–Trinajstić information content (AvgIpc) is 3.23. The van der Waals surface area contributed by atoms with E-state index in [4.69, 9.17) is 5.73 Å². The van der Waals surface area contributed by atoms with Crippen LogP contribution in [0.5, 0.6) is 0 Å². The van der Waals surface area contributed by atoms with Crippen molar-refractivity contribution in [2.24, 2.45) is 0 Å². The number of benzene rings is 1. The number of hydrogen-bond acceptors (Lipinski definition) is 7. The highest BCUT2D eigenvalue weighted by molar-refractivity contribution is 5.99. The quantitative estimate of drug-likeness (QED) is 0.314. The van der Waals surface area contributed by atoms with E-state index >= 15 is 0 Å². The minimum atomic E-state index is -4.55. The van der Waals surface area contributed by atoms with E-state index in [0.29, 0.717) is 30.8 Å². The van der Waals surface area contributed by atoms with Crippen LogP contribution in [0.3, 0.4) is 0 Å². The number of nitrogen functional groups attached to an aromatic ring is 1. The first-order chi connectivity index (χ1) is 18.2. The molecule has 5 N–H and O–H groups in total. The fraction of sp³-hybridized carbons (Fsp3) is 0.208. The summed E-state index contributed by atoms with van der Waals surface area (Å²) in [5.74, 6) is 0.0126. The van der Waals surface area contributed by atoms with Gasteiger partial charge in [0.2, 0.25) is 5.91 Å². The molecule has 4 heterocycles. The molecule has 0 aliphatic carbocycles. The molecule has 14 heteroatoms. The summed E-state index contributed by atoms with van der Waals surface area (Å²) < 4.78 is 40.4. The van der Waals surface area contributed by atoms with Gasteiger partial charge >= 0.3 is 12.2 Å². The van der Waals surface area contributed by atoms with Gasteiger partial charge in [-0.25, -0.2) is 19.3 Å². The van der Waals surface area contributed by atoms with Gasteiger partial charge in [0.05, 0.1) is 17.8 Å². The van der Waals surface area contributed by atoms with Crippen molar-refractivity contribution < 1.29 is 22.8 Å². The van der Waals surface area contributed by atoms with Crippen LogP contribution in [0.25, 0.3) is 16.6 Å². The van der Waals surface area contributed by atoms with E-state index < -0.39 is 17.8 Å². The third kappa shape index (κ3) is 5.34.